The number of phenols is 1. The van der Waals surface area contributed by atoms with Crippen LogP contribution in [0.25, 0.3) is 17.0 Å². The lowest BCUT2D eigenvalue weighted by molar-refractivity contribution is 0.372. The summed E-state index contributed by atoms with van der Waals surface area (Å²) in [5, 5.41) is 18.4. The molecule has 3 aromatic carbocycles. The molecule has 9 heteroatoms. The third-order valence-electron chi connectivity index (χ3n) is 5.79. The fourth-order valence-electron chi connectivity index (χ4n) is 4.09. The number of nitrogens with zero attached hydrogens (tertiary/aromatic N) is 3. The minimum Gasteiger partial charge on any atom is -0.504 e. The van der Waals surface area contributed by atoms with Gasteiger partial charge in [-0.05, 0) is 73.2 Å². The zero-order chi connectivity index (χ0) is 24.5. The Hall–Kier alpha value is -4.24. The molecule has 176 valence electrons. The number of allylic oxidation sites excluding steroid dienone is 1. The maximum absolute atomic E-state index is 13.4. The third kappa shape index (κ3) is 4.22. The lowest BCUT2D eigenvalue weighted by atomic mass is 9.94. The fourth-order valence-corrected chi connectivity index (χ4v) is 4.45. The second kappa shape index (κ2) is 9.19. The molecule has 1 aromatic heterocycles. The van der Waals surface area contributed by atoms with Gasteiger partial charge in [-0.2, -0.15) is 4.98 Å². The van der Waals surface area contributed by atoms with Crippen molar-refractivity contribution in [3.8, 4) is 22.9 Å². The molecule has 7 nitrogen and oxygen atoms in total. The Kier molecular flexibility index (Phi) is 5.92. The number of phenolic OH excluding ortho intramolecular Hbond substituents is 1. The van der Waals surface area contributed by atoms with Gasteiger partial charge in [0, 0.05) is 16.9 Å². The van der Waals surface area contributed by atoms with Crippen molar-refractivity contribution in [1.82, 2.24) is 15.5 Å². The second-order valence-electron chi connectivity index (χ2n) is 7.91. The minimum absolute atomic E-state index is 0.00209. The predicted molar refractivity (Wildman–Crippen MR) is 134 cm³/mol. The van der Waals surface area contributed by atoms with Crippen LogP contribution in [0.2, 0.25) is 0 Å². The van der Waals surface area contributed by atoms with E-state index in [1.165, 1.54) is 19.2 Å². The van der Waals surface area contributed by atoms with Gasteiger partial charge >= 0.3 is 0 Å². The molecule has 1 unspecified atom stereocenters. The number of ether oxygens (including phenoxy) is 1. The third-order valence-corrected chi connectivity index (χ3v) is 6.09. The zero-order valence-corrected chi connectivity index (χ0v) is 19.7. The first-order valence-corrected chi connectivity index (χ1v) is 11.2. The molecule has 1 atom stereocenters. The monoisotopic (exact) mass is 488 g/mol. The Morgan fingerprint density at radius 2 is 1.83 bits per heavy atom. The van der Waals surface area contributed by atoms with E-state index < -0.39 is 6.04 Å². The smallest absolute Gasteiger partial charge is 0.258 e. The lowest BCUT2D eigenvalue weighted by Crippen LogP contribution is -2.46. The lowest BCUT2D eigenvalue weighted by Gasteiger charge is -2.37. The molecule has 0 amide bonds. The van der Waals surface area contributed by atoms with Gasteiger partial charge < -0.3 is 19.7 Å². The highest BCUT2D eigenvalue weighted by atomic mass is 32.1. The standard InChI is InChI=1S/C26H21FN4O3S/c1-15-22(25-29-24(30-34-25)16-8-11-18(27)12-9-16)23(17-10-13-21(33-2)20(32)14-17)28-26(35)31(15)19-6-4-3-5-7-19/h3-14,23,32H,1-2H3,(H,28,35). The van der Waals surface area contributed by atoms with E-state index in [9.17, 15) is 9.50 Å². The molecular formula is C26H21FN4O3S. The van der Waals surface area contributed by atoms with Gasteiger partial charge in [-0.15, -0.1) is 0 Å². The van der Waals surface area contributed by atoms with E-state index in [0.717, 1.165) is 16.9 Å². The van der Waals surface area contributed by atoms with E-state index in [4.69, 9.17) is 21.5 Å². The summed E-state index contributed by atoms with van der Waals surface area (Å²) in [4.78, 5) is 6.51. The van der Waals surface area contributed by atoms with Crippen molar-refractivity contribution in [2.75, 3.05) is 12.0 Å². The Labute approximate surface area is 206 Å². The summed E-state index contributed by atoms with van der Waals surface area (Å²) < 4.78 is 24.3. The molecular weight excluding hydrogens is 467 g/mol. The van der Waals surface area contributed by atoms with Gasteiger partial charge in [0.05, 0.1) is 18.7 Å². The first-order valence-electron chi connectivity index (χ1n) is 10.8. The molecule has 2 N–H and O–H groups in total. The minimum atomic E-state index is -0.485. The Morgan fingerprint density at radius 3 is 2.51 bits per heavy atom. The van der Waals surface area contributed by atoms with Crippen LogP contribution in [0, 0.1) is 5.82 Å². The molecule has 0 saturated carbocycles. The van der Waals surface area contributed by atoms with Crippen LogP contribution in [0.15, 0.2) is 83.0 Å². The summed E-state index contributed by atoms with van der Waals surface area (Å²) in [6.07, 6.45) is 0. The van der Waals surface area contributed by atoms with Crippen molar-refractivity contribution in [3.63, 3.8) is 0 Å². The van der Waals surface area contributed by atoms with E-state index >= 15 is 0 Å². The summed E-state index contributed by atoms with van der Waals surface area (Å²) >= 11 is 5.73. The van der Waals surface area contributed by atoms with Crippen LogP contribution in [0.3, 0.4) is 0 Å². The molecule has 0 radical (unpaired) electrons. The van der Waals surface area contributed by atoms with Crippen LogP contribution in [0.5, 0.6) is 11.5 Å². The first-order chi connectivity index (χ1) is 17.0. The van der Waals surface area contributed by atoms with Gasteiger partial charge in [0.1, 0.15) is 5.82 Å². The normalized spacial score (nSPS) is 15.8. The number of hydrogen-bond donors (Lipinski definition) is 2. The van der Waals surface area contributed by atoms with Crippen LogP contribution < -0.4 is 15.0 Å². The molecule has 4 aromatic rings. The number of thiocarbonyl (C=S) groups is 1. The number of aromatic hydroxyl groups is 1. The van der Waals surface area contributed by atoms with E-state index in [1.54, 1.807) is 24.3 Å². The van der Waals surface area contributed by atoms with Gasteiger partial charge in [0.25, 0.3) is 5.89 Å². The summed E-state index contributed by atoms with van der Waals surface area (Å²) in [6, 6.07) is 20.2. The van der Waals surface area contributed by atoms with Gasteiger partial charge in [-0.3, -0.25) is 4.90 Å². The molecule has 0 aliphatic carbocycles. The Morgan fingerprint density at radius 1 is 1.09 bits per heavy atom. The van der Waals surface area contributed by atoms with Crippen LogP contribution in [0.1, 0.15) is 24.4 Å². The molecule has 0 fully saturated rings. The largest absolute Gasteiger partial charge is 0.504 e. The summed E-state index contributed by atoms with van der Waals surface area (Å²) in [5.41, 5.74) is 3.70. The molecule has 0 saturated heterocycles. The fraction of sp³-hybridized carbons (Fsp3) is 0.115. The van der Waals surface area contributed by atoms with E-state index in [-0.39, 0.29) is 17.5 Å². The molecule has 1 aliphatic heterocycles. The first kappa shape index (κ1) is 22.5. The van der Waals surface area contributed by atoms with Crippen LogP contribution >= 0.6 is 12.2 Å². The highest BCUT2D eigenvalue weighted by molar-refractivity contribution is 7.80. The Bertz CT molecular complexity index is 1420. The number of methoxy groups -OCH3 is 1. The van der Waals surface area contributed by atoms with Crippen LogP contribution in [0.4, 0.5) is 10.1 Å². The average molecular weight is 489 g/mol. The highest BCUT2D eigenvalue weighted by Gasteiger charge is 2.35. The highest BCUT2D eigenvalue weighted by Crippen LogP contribution is 2.41. The molecule has 1 aliphatic rings. The summed E-state index contributed by atoms with van der Waals surface area (Å²) in [5.74, 6) is 0.613. The number of rotatable bonds is 5. The maximum Gasteiger partial charge on any atom is 0.258 e. The molecule has 0 spiro atoms. The number of hydrogen-bond acceptors (Lipinski definition) is 6. The number of anilines is 1. The number of halogens is 1. The quantitative estimate of drug-likeness (QED) is 0.359. The van der Waals surface area contributed by atoms with Crippen molar-refractivity contribution in [2.45, 2.75) is 13.0 Å². The van der Waals surface area contributed by atoms with Gasteiger partial charge in [0.2, 0.25) is 5.82 Å². The molecule has 2 heterocycles. The number of nitrogens with one attached hydrogen (secondary N) is 1. The molecule has 5 rings (SSSR count). The summed E-state index contributed by atoms with van der Waals surface area (Å²) in [7, 11) is 1.49. The van der Waals surface area contributed by atoms with E-state index in [0.29, 0.717) is 27.8 Å². The van der Waals surface area contributed by atoms with Crippen molar-refractivity contribution >= 4 is 28.6 Å². The van der Waals surface area contributed by atoms with Gasteiger partial charge in [-0.25, -0.2) is 4.39 Å². The van der Waals surface area contributed by atoms with Crippen LogP contribution in [-0.4, -0.2) is 27.5 Å². The van der Waals surface area contributed by atoms with Crippen molar-refractivity contribution < 1.29 is 18.8 Å². The van der Waals surface area contributed by atoms with Crippen LogP contribution in [-0.2, 0) is 0 Å². The van der Waals surface area contributed by atoms with Crippen molar-refractivity contribution in [2.24, 2.45) is 0 Å². The average Bonchev–Trinajstić information content (AvgIpc) is 3.34. The topological polar surface area (TPSA) is 83.7 Å². The number of benzene rings is 3. The van der Waals surface area contributed by atoms with Gasteiger partial charge in [0.15, 0.2) is 16.6 Å². The zero-order valence-electron chi connectivity index (χ0n) is 18.9. The van der Waals surface area contributed by atoms with Crippen molar-refractivity contribution in [3.05, 3.63) is 95.8 Å². The number of aromatic nitrogens is 2. The van der Waals surface area contributed by atoms with E-state index in [1.807, 2.05) is 48.2 Å². The Balaban J connectivity index is 1.65. The van der Waals surface area contributed by atoms with Crippen molar-refractivity contribution in [1.29, 1.82) is 0 Å². The SMILES string of the molecule is COc1ccc(C2NC(=S)N(c3ccccc3)C(C)=C2c2nc(-c3ccc(F)cc3)no2)cc1O. The maximum atomic E-state index is 13.4. The summed E-state index contributed by atoms with van der Waals surface area (Å²) in [6.45, 7) is 1.92. The predicted octanol–water partition coefficient (Wildman–Crippen LogP) is 5.46. The van der Waals surface area contributed by atoms with Gasteiger partial charge in [-0.1, -0.05) is 29.4 Å². The number of para-hydroxylation sites is 1. The van der Waals surface area contributed by atoms with E-state index in [2.05, 4.69) is 15.5 Å². The molecule has 35 heavy (non-hydrogen) atoms. The second-order valence-corrected chi connectivity index (χ2v) is 8.30. The molecule has 0 bridgehead atoms.